The summed E-state index contributed by atoms with van der Waals surface area (Å²) in [6.07, 6.45) is 0.345. The fourth-order valence-corrected chi connectivity index (χ4v) is 3.94. The third-order valence-corrected chi connectivity index (χ3v) is 6.00. The maximum atomic E-state index is 12.7. The Labute approximate surface area is 188 Å². The van der Waals surface area contributed by atoms with Crippen LogP contribution in [0, 0.1) is 0 Å². The van der Waals surface area contributed by atoms with Crippen molar-refractivity contribution in [1.82, 2.24) is 14.9 Å². The predicted molar refractivity (Wildman–Crippen MR) is 119 cm³/mol. The number of carbonyl (C=O) groups excluding carboxylic acids is 1. The van der Waals surface area contributed by atoms with Gasteiger partial charge in [0.15, 0.2) is 0 Å². The third-order valence-electron chi connectivity index (χ3n) is 4.57. The number of carbonyl (C=O) groups is 1. The molecular weight excluding hydrogens is 456 g/mol. The summed E-state index contributed by atoms with van der Waals surface area (Å²) >= 11 is 25.1. The molecule has 1 amide bonds. The van der Waals surface area contributed by atoms with E-state index in [9.17, 15) is 4.79 Å². The van der Waals surface area contributed by atoms with Gasteiger partial charge in [0.2, 0.25) is 5.91 Å². The van der Waals surface area contributed by atoms with Crippen molar-refractivity contribution in [1.29, 1.82) is 0 Å². The van der Waals surface area contributed by atoms with E-state index in [1.807, 2.05) is 4.57 Å². The molecular formula is C20H19Cl4N3O2. The van der Waals surface area contributed by atoms with Crippen LogP contribution >= 0.6 is 46.4 Å². The van der Waals surface area contributed by atoms with E-state index in [4.69, 9.17) is 51.1 Å². The van der Waals surface area contributed by atoms with E-state index in [2.05, 4.69) is 10.3 Å². The average Bonchev–Trinajstić information content (AvgIpc) is 3.01. The maximum absolute atomic E-state index is 12.7. The summed E-state index contributed by atoms with van der Waals surface area (Å²) in [6, 6.07) is 8.16. The molecule has 0 saturated heterocycles. The SMILES string of the molecule is COCCNC(=O)[C@H](C)n1c(Cc2c(Cl)cccc2Cl)nc2cc(Cl)c(Cl)cc21. The van der Waals surface area contributed by atoms with Gasteiger partial charge in [-0.2, -0.15) is 0 Å². The second-order valence-electron chi connectivity index (χ2n) is 6.49. The molecule has 0 aliphatic carbocycles. The number of ether oxygens (including phenoxy) is 1. The van der Waals surface area contributed by atoms with Gasteiger partial charge >= 0.3 is 0 Å². The quantitative estimate of drug-likeness (QED) is 0.455. The first kappa shape index (κ1) is 22.2. The Morgan fingerprint density at radius 2 is 1.79 bits per heavy atom. The number of amides is 1. The van der Waals surface area contributed by atoms with Crippen molar-refractivity contribution in [2.24, 2.45) is 0 Å². The third kappa shape index (κ3) is 4.81. The number of halogens is 4. The van der Waals surface area contributed by atoms with Crippen molar-refractivity contribution in [3.8, 4) is 0 Å². The lowest BCUT2D eigenvalue weighted by Crippen LogP contribution is -2.33. The highest BCUT2D eigenvalue weighted by atomic mass is 35.5. The van der Waals surface area contributed by atoms with Crippen molar-refractivity contribution in [2.45, 2.75) is 19.4 Å². The van der Waals surface area contributed by atoms with Crippen LogP contribution < -0.4 is 5.32 Å². The van der Waals surface area contributed by atoms with E-state index >= 15 is 0 Å². The number of methoxy groups -OCH3 is 1. The molecule has 29 heavy (non-hydrogen) atoms. The van der Waals surface area contributed by atoms with Gasteiger partial charge in [-0.05, 0) is 36.8 Å². The van der Waals surface area contributed by atoms with Crippen molar-refractivity contribution in [3.63, 3.8) is 0 Å². The summed E-state index contributed by atoms with van der Waals surface area (Å²) in [5.74, 6) is 0.460. The molecule has 154 valence electrons. The lowest BCUT2D eigenvalue weighted by Gasteiger charge is -2.18. The molecule has 0 spiro atoms. The van der Waals surface area contributed by atoms with Gasteiger partial charge in [0.1, 0.15) is 11.9 Å². The second kappa shape index (κ2) is 9.54. The van der Waals surface area contributed by atoms with Gasteiger partial charge in [-0.1, -0.05) is 52.5 Å². The molecule has 0 bridgehead atoms. The summed E-state index contributed by atoms with van der Waals surface area (Å²) in [6.45, 7) is 2.63. The molecule has 0 aliphatic rings. The number of nitrogens with one attached hydrogen (secondary N) is 1. The summed E-state index contributed by atoms with van der Waals surface area (Å²) in [5, 5.41) is 4.69. The van der Waals surface area contributed by atoms with Gasteiger partial charge in [-0.25, -0.2) is 4.98 Å². The van der Waals surface area contributed by atoms with Gasteiger partial charge in [0, 0.05) is 30.1 Å². The smallest absolute Gasteiger partial charge is 0.242 e. The fraction of sp³-hybridized carbons (Fsp3) is 0.300. The molecule has 0 fully saturated rings. The number of aromatic nitrogens is 2. The highest BCUT2D eigenvalue weighted by Crippen LogP contribution is 2.33. The number of hydrogen-bond donors (Lipinski definition) is 1. The molecule has 1 aromatic heterocycles. The lowest BCUT2D eigenvalue weighted by atomic mass is 10.1. The van der Waals surface area contributed by atoms with Crippen molar-refractivity contribution >= 4 is 63.3 Å². The molecule has 0 saturated carbocycles. The van der Waals surface area contributed by atoms with Crippen LogP contribution in [0.5, 0.6) is 0 Å². The number of imidazole rings is 1. The molecule has 1 heterocycles. The lowest BCUT2D eigenvalue weighted by molar-refractivity contribution is -0.124. The Bertz CT molecular complexity index is 1030. The van der Waals surface area contributed by atoms with E-state index in [-0.39, 0.29) is 5.91 Å². The summed E-state index contributed by atoms with van der Waals surface area (Å²) in [4.78, 5) is 17.4. The largest absolute Gasteiger partial charge is 0.383 e. The van der Waals surface area contributed by atoms with Gasteiger partial charge in [-0.3, -0.25) is 4.79 Å². The van der Waals surface area contributed by atoms with Crippen LogP contribution in [0.25, 0.3) is 11.0 Å². The molecule has 0 radical (unpaired) electrons. The van der Waals surface area contributed by atoms with E-state index < -0.39 is 6.04 Å². The van der Waals surface area contributed by atoms with E-state index in [0.717, 1.165) is 5.56 Å². The highest BCUT2D eigenvalue weighted by Gasteiger charge is 2.23. The number of fused-ring (bicyclic) bond motifs is 1. The summed E-state index contributed by atoms with van der Waals surface area (Å²) < 4.78 is 6.83. The van der Waals surface area contributed by atoms with Crippen LogP contribution in [0.1, 0.15) is 24.4 Å². The van der Waals surface area contributed by atoms with Crippen molar-refractivity contribution in [3.05, 3.63) is 61.8 Å². The van der Waals surface area contributed by atoms with Crippen LogP contribution in [0.15, 0.2) is 30.3 Å². The topological polar surface area (TPSA) is 56.1 Å². The Morgan fingerprint density at radius 3 is 2.45 bits per heavy atom. The maximum Gasteiger partial charge on any atom is 0.242 e. The molecule has 0 aliphatic heterocycles. The van der Waals surface area contributed by atoms with Crippen LogP contribution in [0.2, 0.25) is 20.1 Å². The first-order valence-electron chi connectivity index (χ1n) is 8.89. The number of hydrogen-bond acceptors (Lipinski definition) is 3. The minimum Gasteiger partial charge on any atom is -0.383 e. The van der Waals surface area contributed by atoms with E-state index in [0.29, 0.717) is 56.5 Å². The molecule has 0 unspecified atom stereocenters. The number of nitrogens with zero attached hydrogens (tertiary/aromatic N) is 2. The zero-order chi connectivity index (χ0) is 21.1. The van der Waals surface area contributed by atoms with Gasteiger partial charge in [0.25, 0.3) is 0 Å². The Hall–Kier alpha value is -1.50. The standard InChI is InChI=1S/C20H19Cl4N3O2/c1-11(20(28)25-6-7-29-2)27-18-10-16(24)15(23)9-17(18)26-19(27)8-12-13(21)4-3-5-14(12)22/h3-5,9-11H,6-8H2,1-2H3,(H,25,28)/t11-/m0/s1. The second-order valence-corrected chi connectivity index (χ2v) is 8.12. The normalized spacial score (nSPS) is 12.3. The first-order valence-corrected chi connectivity index (χ1v) is 10.4. The van der Waals surface area contributed by atoms with Crippen LogP contribution in [-0.4, -0.2) is 35.7 Å². The summed E-state index contributed by atoms with van der Waals surface area (Å²) in [5.41, 5.74) is 2.07. The zero-order valence-corrected chi connectivity index (χ0v) is 18.8. The Balaban J connectivity index is 2.08. The fourth-order valence-electron chi connectivity index (χ4n) is 3.10. The minimum absolute atomic E-state index is 0.168. The molecule has 5 nitrogen and oxygen atoms in total. The predicted octanol–water partition coefficient (Wildman–Crippen LogP) is 5.56. The number of rotatable bonds is 7. The van der Waals surface area contributed by atoms with Gasteiger partial charge in [-0.15, -0.1) is 0 Å². The average molecular weight is 475 g/mol. The van der Waals surface area contributed by atoms with Crippen LogP contribution in [0.4, 0.5) is 0 Å². The molecule has 2 aromatic carbocycles. The van der Waals surface area contributed by atoms with Gasteiger partial charge in [0.05, 0.1) is 27.7 Å². The first-order chi connectivity index (χ1) is 13.8. The Morgan fingerprint density at radius 1 is 1.14 bits per heavy atom. The molecule has 1 atom stereocenters. The Kier molecular flexibility index (Phi) is 7.30. The van der Waals surface area contributed by atoms with Crippen molar-refractivity contribution in [2.75, 3.05) is 20.3 Å². The monoisotopic (exact) mass is 473 g/mol. The van der Waals surface area contributed by atoms with Gasteiger partial charge < -0.3 is 14.6 Å². The minimum atomic E-state index is -0.551. The number of benzene rings is 2. The zero-order valence-electron chi connectivity index (χ0n) is 15.8. The molecule has 1 N–H and O–H groups in total. The van der Waals surface area contributed by atoms with E-state index in [1.165, 1.54) is 0 Å². The molecule has 3 rings (SSSR count). The highest BCUT2D eigenvalue weighted by molar-refractivity contribution is 6.42. The molecule has 9 heteroatoms. The van der Waals surface area contributed by atoms with E-state index in [1.54, 1.807) is 44.4 Å². The van der Waals surface area contributed by atoms with Crippen molar-refractivity contribution < 1.29 is 9.53 Å². The van der Waals surface area contributed by atoms with Crippen LogP contribution in [0.3, 0.4) is 0 Å². The molecule has 3 aromatic rings. The summed E-state index contributed by atoms with van der Waals surface area (Å²) in [7, 11) is 1.58. The van der Waals surface area contributed by atoms with Crippen LogP contribution in [-0.2, 0) is 16.0 Å².